The number of nitrogens with one attached hydrogen (secondary N) is 1. The summed E-state index contributed by atoms with van der Waals surface area (Å²) in [5, 5.41) is 12.6. The van der Waals surface area contributed by atoms with Crippen LogP contribution in [0.5, 0.6) is 11.5 Å². The molecule has 4 nitrogen and oxygen atoms in total. The molecule has 2 aromatic rings. The van der Waals surface area contributed by atoms with Gasteiger partial charge < -0.3 is 14.8 Å². The first-order valence-corrected chi connectivity index (χ1v) is 7.56. The van der Waals surface area contributed by atoms with Crippen LogP contribution in [0.15, 0.2) is 40.9 Å². The predicted molar refractivity (Wildman–Crippen MR) is 90.4 cm³/mol. The number of rotatable bonds is 5. The number of ether oxygens (including phenoxy) is 2. The van der Waals surface area contributed by atoms with Gasteiger partial charge >= 0.3 is 0 Å². The molecule has 1 unspecified atom stereocenters. The standard InChI is InChI=1S/C17H17BrN2O2/c1-11(12-4-7-16(21-2)17(9-12)22-3)20-15-6-5-14(18)8-13(15)10-19/h4-9,11,20H,1-3H3. The Morgan fingerprint density at radius 2 is 1.82 bits per heavy atom. The number of methoxy groups -OCH3 is 2. The second-order valence-corrected chi connectivity index (χ2v) is 5.70. The molecule has 0 aliphatic carbocycles. The van der Waals surface area contributed by atoms with E-state index in [0.717, 1.165) is 15.7 Å². The van der Waals surface area contributed by atoms with Gasteiger partial charge in [-0.15, -0.1) is 0 Å². The summed E-state index contributed by atoms with van der Waals surface area (Å²) in [6.45, 7) is 2.03. The zero-order valence-corrected chi connectivity index (χ0v) is 14.3. The molecule has 0 saturated carbocycles. The van der Waals surface area contributed by atoms with Gasteiger partial charge in [-0.05, 0) is 42.8 Å². The summed E-state index contributed by atoms with van der Waals surface area (Å²) in [4.78, 5) is 0. The molecule has 2 aromatic carbocycles. The summed E-state index contributed by atoms with van der Waals surface area (Å²) in [6.07, 6.45) is 0. The highest BCUT2D eigenvalue weighted by Gasteiger charge is 2.12. The molecule has 0 aromatic heterocycles. The molecule has 0 bridgehead atoms. The number of hydrogen-bond donors (Lipinski definition) is 1. The Kier molecular flexibility index (Phi) is 5.29. The van der Waals surface area contributed by atoms with Gasteiger partial charge in [0, 0.05) is 10.5 Å². The quantitative estimate of drug-likeness (QED) is 0.851. The Morgan fingerprint density at radius 3 is 2.45 bits per heavy atom. The molecule has 5 heteroatoms. The van der Waals surface area contributed by atoms with Crippen LogP contribution in [0.4, 0.5) is 5.69 Å². The monoisotopic (exact) mass is 360 g/mol. The van der Waals surface area contributed by atoms with E-state index in [9.17, 15) is 5.26 Å². The van der Waals surface area contributed by atoms with E-state index in [4.69, 9.17) is 9.47 Å². The van der Waals surface area contributed by atoms with E-state index in [1.807, 2.05) is 37.3 Å². The number of hydrogen-bond acceptors (Lipinski definition) is 4. The van der Waals surface area contributed by atoms with Crippen LogP contribution in [0.1, 0.15) is 24.1 Å². The molecule has 0 spiro atoms. The van der Waals surface area contributed by atoms with Crippen LogP contribution in [0.3, 0.4) is 0 Å². The minimum atomic E-state index is 0.0214. The molecule has 0 heterocycles. The van der Waals surface area contributed by atoms with Crippen LogP contribution < -0.4 is 14.8 Å². The van der Waals surface area contributed by atoms with Crippen LogP contribution in [0.25, 0.3) is 0 Å². The van der Waals surface area contributed by atoms with Crippen molar-refractivity contribution in [3.05, 3.63) is 52.0 Å². The van der Waals surface area contributed by atoms with Crippen molar-refractivity contribution < 1.29 is 9.47 Å². The number of nitriles is 1. The SMILES string of the molecule is COc1ccc(C(C)Nc2ccc(Br)cc2C#N)cc1OC. The van der Waals surface area contributed by atoms with Crippen molar-refractivity contribution in [2.24, 2.45) is 0 Å². The van der Waals surface area contributed by atoms with Crippen LogP contribution >= 0.6 is 15.9 Å². The van der Waals surface area contributed by atoms with Crippen molar-refractivity contribution in [3.63, 3.8) is 0 Å². The topological polar surface area (TPSA) is 54.3 Å². The Bertz CT molecular complexity index is 710. The minimum Gasteiger partial charge on any atom is -0.493 e. The van der Waals surface area contributed by atoms with Crippen LogP contribution in [-0.4, -0.2) is 14.2 Å². The fraction of sp³-hybridized carbons (Fsp3) is 0.235. The number of halogens is 1. The summed E-state index contributed by atoms with van der Waals surface area (Å²) in [5.41, 5.74) is 2.44. The molecule has 0 aliphatic heterocycles. The van der Waals surface area contributed by atoms with Gasteiger partial charge in [0.15, 0.2) is 11.5 Å². The van der Waals surface area contributed by atoms with E-state index >= 15 is 0 Å². The van der Waals surface area contributed by atoms with Gasteiger partial charge in [0.2, 0.25) is 0 Å². The second kappa shape index (κ2) is 7.19. The number of nitrogens with zero attached hydrogens (tertiary/aromatic N) is 1. The van der Waals surface area contributed by atoms with Crippen LogP contribution in [0, 0.1) is 11.3 Å². The summed E-state index contributed by atoms with van der Waals surface area (Å²) in [5.74, 6) is 1.38. The third-order valence-corrected chi connectivity index (χ3v) is 3.87. The maximum absolute atomic E-state index is 9.23. The van der Waals surface area contributed by atoms with Gasteiger partial charge in [0.05, 0.1) is 25.5 Å². The minimum absolute atomic E-state index is 0.0214. The molecule has 2 rings (SSSR count). The zero-order valence-electron chi connectivity index (χ0n) is 12.7. The summed E-state index contributed by atoms with van der Waals surface area (Å²) < 4.78 is 11.5. The van der Waals surface area contributed by atoms with Gasteiger partial charge in [-0.25, -0.2) is 0 Å². The van der Waals surface area contributed by atoms with E-state index < -0.39 is 0 Å². The van der Waals surface area contributed by atoms with Crippen molar-refractivity contribution in [2.45, 2.75) is 13.0 Å². The second-order valence-electron chi connectivity index (χ2n) is 4.78. The van der Waals surface area contributed by atoms with E-state index in [2.05, 4.69) is 27.3 Å². The number of benzene rings is 2. The first-order chi connectivity index (χ1) is 10.6. The van der Waals surface area contributed by atoms with E-state index in [1.165, 1.54) is 0 Å². The van der Waals surface area contributed by atoms with Gasteiger partial charge in [0.25, 0.3) is 0 Å². The maximum Gasteiger partial charge on any atom is 0.161 e. The predicted octanol–water partition coefficient (Wildman–Crippen LogP) is 4.51. The zero-order chi connectivity index (χ0) is 16.1. The van der Waals surface area contributed by atoms with Crippen LogP contribution in [-0.2, 0) is 0 Å². The highest BCUT2D eigenvalue weighted by molar-refractivity contribution is 9.10. The molecule has 1 atom stereocenters. The Labute approximate surface area is 138 Å². The average molecular weight is 361 g/mol. The van der Waals surface area contributed by atoms with Crippen molar-refractivity contribution in [1.29, 1.82) is 5.26 Å². The fourth-order valence-electron chi connectivity index (χ4n) is 2.17. The van der Waals surface area contributed by atoms with Crippen molar-refractivity contribution in [1.82, 2.24) is 0 Å². The lowest BCUT2D eigenvalue weighted by atomic mass is 10.1. The summed E-state index contributed by atoms with van der Waals surface area (Å²) in [7, 11) is 3.22. The first-order valence-electron chi connectivity index (χ1n) is 6.77. The van der Waals surface area contributed by atoms with Crippen molar-refractivity contribution in [2.75, 3.05) is 19.5 Å². The van der Waals surface area contributed by atoms with Gasteiger partial charge in [0.1, 0.15) is 6.07 Å². The molecule has 0 radical (unpaired) electrons. The lowest BCUT2D eigenvalue weighted by Gasteiger charge is -2.18. The van der Waals surface area contributed by atoms with E-state index in [0.29, 0.717) is 17.1 Å². The van der Waals surface area contributed by atoms with Gasteiger partial charge in [-0.3, -0.25) is 0 Å². The molecule has 1 N–H and O–H groups in total. The Morgan fingerprint density at radius 1 is 1.09 bits per heavy atom. The lowest BCUT2D eigenvalue weighted by Crippen LogP contribution is -2.08. The van der Waals surface area contributed by atoms with Gasteiger partial charge in [-0.2, -0.15) is 5.26 Å². The van der Waals surface area contributed by atoms with Gasteiger partial charge in [-0.1, -0.05) is 22.0 Å². The summed E-state index contributed by atoms with van der Waals surface area (Å²) >= 11 is 3.37. The molecular weight excluding hydrogens is 344 g/mol. The third kappa shape index (κ3) is 3.52. The highest BCUT2D eigenvalue weighted by atomic mass is 79.9. The Balaban J connectivity index is 2.26. The smallest absolute Gasteiger partial charge is 0.161 e. The Hall–Kier alpha value is -2.19. The maximum atomic E-state index is 9.23. The first kappa shape index (κ1) is 16.2. The largest absolute Gasteiger partial charge is 0.493 e. The fourth-order valence-corrected chi connectivity index (χ4v) is 2.53. The van der Waals surface area contributed by atoms with E-state index in [1.54, 1.807) is 20.3 Å². The normalized spacial score (nSPS) is 11.4. The molecule has 22 heavy (non-hydrogen) atoms. The molecule has 0 fully saturated rings. The molecule has 0 saturated heterocycles. The molecule has 114 valence electrons. The van der Waals surface area contributed by atoms with Crippen molar-refractivity contribution >= 4 is 21.6 Å². The highest BCUT2D eigenvalue weighted by Crippen LogP contribution is 2.31. The van der Waals surface area contributed by atoms with Crippen LogP contribution in [0.2, 0.25) is 0 Å². The average Bonchev–Trinajstić information content (AvgIpc) is 2.55. The van der Waals surface area contributed by atoms with E-state index in [-0.39, 0.29) is 6.04 Å². The lowest BCUT2D eigenvalue weighted by molar-refractivity contribution is 0.354. The number of anilines is 1. The molecule has 0 aliphatic rings. The molecular formula is C17H17BrN2O2. The third-order valence-electron chi connectivity index (χ3n) is 3.38. The summed E-state index contributed by atoms with van der Waals surface area (Å²) in [6, 6.07) is 13.6. The van der Waals surface area contributed by atoms with Crippen molar-refractivity contribution in [3.8, 4) is 17.6 Å². The molecule has 0 amide bonds.